The molecule has 6 heteroatoms. The number of sulfonamides is 1. The van der Waals surface area contributed by atoms with Gasteiger partial charge in [0, 0.05) is 19.1 Å². The van der Waals surface area contributed by atoms with Crippen LogP contribution in [0.2, 0.25) is 0 Å². The van der Waals surface area contributed by atoms with E-state index in [-0.39, 0.29) is 12.1 Å². The van der Waals surface area contributed by atoms with Crippen molar-refractivity contribution in [2.24, 2.45) is 5.73 Å². The van der Waals surface area contributed by atoms with Gasteiger partial charge in [0.1, 0.15) is 0 Å². The van der Waals surface area contributed by atoms with Gasteiger partial charge in [-0.2, -0.15) is 4.31 Å². The Hall–Kier alpha value is -0.950. The average Bonchev–Trinajstić information content (AvgIpc) is 2.54. The molecule has 0 saturated carbocycles. The molecule has 2 atom stereocenters. The number of rotatable bonds is 5. The van der Waals surface area contributed by atoms with Crippen LogP contribution in [0.25, 0.3) is 0 Å². The lowest BCUT2D eigenvalue weighted by molar-refractivity contribution is -0.00278. The van der Waals surface area contributed by atoms with Crippen molar-refractivity contribution in [3.8, 4) is 0 Å². The summed E-state index contributed by atoms with van der Waals surface area (Å²) < 4.78 is 32.5. The summed E-state index contributed by atoms with van der Waals surface area (Å²) in [5.74, 6) is 0. The maximum Gasteiger partial charge on any atom is 0.243 e. The Balaban J connectivity index is 2.27. The Kier molecular flexibility index (Phi) is 5.37. The first-order valence-corrected chi connectivity index (χ1v) is 8.90. The van der Waals surface area contributed by atoms with Crippen LogP contribution in [0.5, 0.6) is 0 Å². The summed E-state index contributed by atoms with van der Waals surface area (Å²) in [6.07, 6.45) is 1.57. The number of nitrogens with two attached hydrogens (primary N) is 1. The molecule has 1 heterocycles. The van der Waals surface area contributed by atoms with Gasteiger partial charge in [0.05, 0.1) is 17.6 Å². The molecule has 2 N–H and O–H groups in total. The summed E-state index contributed by atoms with van der Waals surface area (Å²) in [5, 5.41) is 0. The summed E-state index contributed by atoms with van der Waals surface area (Å²) in [6, 6.07) is 6.84. The van der Waals surface area contributed by atoms with Crippen molar-refractivity contribution in [1.82, 2.24) is 4.31 Å². The highest BCUT2D eigenvalue weighted by molar-refractivity contribution is 7.89. The Bertz CT molecular complexity index is 574. The van der Waals surface area contributed by atoms with E-state index >= 15 is 0 Å². The van der Waals surface area contributed by atoms with E-state index in [1.807, 2.05) is 19.9 Å². The SMILES string of the molecule is CCC1CN(S(=O)(=O)c2cccc(C(N)CC)c2)CCO1. The molecular weight excluding hydrogens is 288 g/mol. The molecule has 0 amide bonds. The Morgan fingerprint density at radius 1 is 1.43 bits per heavy atom. The maximum atomic E-state index is 12.7. The van der Waals surface area contributed by atoms with Gasteiger partial charge >= 0.3 is 0 Å². The fourth-order valence-electron chi connectivity index (χ4n) is 2.45. The average molecular weight is 312 g/mol. The predicted molar refractivity (Wildman–Crippen MR) is 82.5 cm³/mol. The number of ether oxygens (including phenoxy) is 1. The van der Waals surface area contributed by atoms with Crippen molar-refractivity contribution >= 4 is 10.0 Å². The van der Waals surface area contributed by atoms with Crippen LogP contribution in [0.15, 0.2) is 29.2 Å². The number of nitrogens with zero attached hydrogens (tertiary/aromatic N) is 1. The lowest BCUT2D eigenvalue weighted by Gasteiger charge is -2.31. The van der Waals surface area contributed by atoms with E-state index in [0.29, 0.717) is 24.6 Å². The topological polar surface area (TPSA) is 72.6 Å². The number of hydrogen-bond acceptors (Lipinski definition) is 4. The van der Waals surface area contributed by atoms with Crippen molar-refractivity contribution in [2.45, 2.75) is 43.7 Å². The molecule has 1 aromatic rings. The maximum absolute atomic E-state index is 12.7. The highest BCUT2D eigenvalue weighted by Crippen LogP contribution is 2.23. The van der Waals surface area contributed by atoms with Crippen LogP contribution >= 0.6 is 0 Å². The molecule has 2 rings (SSSR count). The number of morpholine rings is 1. The summed E-state index contributed by atoms with van der Waals surface area (Å²) >= 11 is 0. The smallest absolute Gasteiger partial charge is 0.243 e. The van der Waals surface area contributed by atoms with E-state index in [9.17, 15) is 8.42 Å². The van der Waals surface area contributed by atoms with Crippen LogP contribution in [-0.2, 0) is 14.8 Å². The van der Waals surface area contributed by atoms with Gasteiger partial charge in [-0.25, -0.2) is 8.42 Å². The van der Waals surface area contributed by atoms with Gasteiger partial charge in [0.15, 0.2) is 0 Å². The molecule has 1 aromatic carbocycles. The van der Waals surface area contributed by atoms with E-state index in [4.69, 9.17) is 10.5 Å². The Morgan fingerprint density at radius 3 is 2.86 bits per heavy atom. The number of benzene rings is 1. The van der Waals surface area contributed by atoms with Crippen molar-refractivity contribution in [3.63, 3.8) is 0 Å². The van der Waals surface area contributed by atoms with Gasteiger partial charge in [-0.15, -0.1) is 0 Å². The highest BCUT2D eigenvalue weighted by atomic mass is 32.2. The summed E-state index contributed by atoms with van der Waals surface area (Å²) in [4.78, 5) is 0.320. The predicted octanol–water partition coefficient (Wildman–Crippen LogP) is 1.90. The van der Waals surface area contributed by atoms with E-state index in [1.54, 1.807) is 18.2 Å². The summed E-state index contributed by atoms with van der Waals surface area (Å²) in [6.45, 7) is 5.26. The minimum absolute atomic E-state index is 0.0189. The molecule has 0 spiro atoms. The molecule has 1 aliphatic rings. The van der Waals surface area contributed by atoms with Crippen molar-refractivity contribution in [2.75, 3.05) is 19.7 Å². The monoisotopic (exact) mass is 312 g/mol. The van der Waals surface area contributed by atoms with Crippen molar-refractivity contribution < 1.29 is 13.2 Å². The fraction of sp³-hybridized carbons (Fsp3) is 0.600. The van der Waals surface area contributed by atoms with Crippen LogP contribution in [0.1, 0.15) is 38.3 Å². The second-order valence-electron chi connectivity index (χ2n) is 5.35. The first kappa shape index (κ1) is 16.4. The minimum atomic E-state index is -3.47. The normalized spacial score (nSPS) is 22.1. The third-order valence-electron chi connectivity index (χ3n) is 3.92. The number of hydrogen-bond donors (Lipinski definition) is 1. The van der Waals surface area contributed by atoms with Gasteiger partial charge in [0.2, 0.25) is 10.0 Å². The molecule has 2 unspecified atom stereocenters. The first-order chi connectivity index (χ1) is 9.98. The molecule has 1 aliphatic heterocycles. The lowest BCUT2D eigenvalue weighted by atomic mass is 10.1. The van der Waals surface area contributed by atoms with Gasteiger partial charge in [-0.3, -0.25) is 0 Å². The molecule has 0 radical (unpaired) electrons. The molecule has 1 fully saturated rings. The van der Waals surface area contributed by atoms with Gasteiger partial charge in [0.25, 0.3) is 0 Å². The molecule has 0 bridgehead atoms. The molecule has 118 valence electrons. The van der Waals surface area contributed by atoms with E-state index < -0.39 is 10.0 Å². The van der Waals surface area contributed by atoms with Gasteiger partial charge in [-0.05, 0) is 30.5 Å². The second-order valence-corrected chi connectivity index (χ2v) is 7.29. The van der Waals surface area contributed by atoms with Crippen LogP contribution in [0.3, 0.4) is 0 Å². The fourth-order valence-corrected chi connectivity index (χ4v) is 3.96. The molecule has 5 nitrogen and oxygen atoms in total. The minimum Gasteiger partial charge on any atom is -0.375 e. The third kappa shape index (κ3) is 3.63. The van der Waals surface area contributed by atoms with E-state index in [0.717, 1.165) is 18.4 Å². The largest absolute Gasteiger partial charge is 0.375 e. The molecular formula is C15H24N2O3S. The molecule has 0 aromatic heterocycles. The zero-order chi connectivity index (χ0) is 15.5. The van der Waals surface area contributed by atoms with Crippen molar-refractivity contribution in [3.05, 3.63) is 29.8 Å². The quantitative estimate of drug-likeness (QED) is 0.901. The lowest BCUT2D eigenvalue weighted by Crippen LogP contribution is -2.45. The van der Waals surface area contributed by atoms with Crippen molar-refractivity contribution in [1.29, 1.82) is 0 Å². The zero-order valence-corrected chi connectivity index (χ0v) is 13.5. The summed E-state index contributed by atoms with van der Waals surface area (Å²) in [5.41, 5.74) is 6.86. The van der Waals surface area contributed by atoms with Crippen LogP contribution < -0.4 is 5.73 Å². The second kappa shape index (κ2) is 6.87. The standard InChI is InChI=1S/C15H24N2O3S/c1-3-13-11-17(8-9-20-13)21(18,19)14-7-5-6-12(10-14)15(16)4-2/h5-7,10,13,15H,3-4,8-9,11,16H2,1-2H3. The molecule has 1 saturated heterocycles. The van der Waals surface area contributed by atoms with Gasteiger partial charge < -0.3 is 10.5 Å². The zero-order valence-electron chi connectivity index (χ0n) is 12.7. The first-order valence-electron chi connectivity index (χ1n) is 7.46. The van der Waals surface area contributed by atoms with E-state index in [1.165, 1.54) is 4.31 Å². The Morgan fingerprint density at radius 2 is 2.19 bits per heavy atom. The van der Waals surface area contributed by atoms with Gasteiger partial charge in [-0.1, -0.05) is 26.0 Å². The Labute approximate surface area is 127 Å². The van der Waals surface area contributed by atoms with E-state index in [2.05, 4.69) is 0 Å². The third-order valence-corrected chi connectivity index (χ3v) is 5.78. The van der Waals surface area contributed by atoms with Crippen LogP contribution in [0, 0.1) is 0 Å². The molecule has 0 aliphatic carbocycles. The summed E-state index contributed by atoms with van der Waals surface area (Å²) in [7, 11) is -3.47. The van der Waals surface area contributed by atoms with Crippen LogP contribution in [-0.4, -0.2) is 38.5 Å². The van der Waals surface area contributed by atoms with Crippen LogP contribution in [0.4, 0.5) is 0 Å². The highest BCUT2D eigenvalue weighted by Gasteiger charge is 2.30. The molecule has 21 heavy (non-hydrogen) atoms.